The van der Waals surface area contributed by atoms with Crippen molar-refractivity contribution >= 4 is 22.7 Å². The van der Waals surface area contributed by atoms with E-state index in [1.807, 2.05) is 6.92 Å². The van der Waals surface area contributed by atoms with E-state index in [4.69, 9.17) is 5.84 Å². The van der Waals surface area contributed by atoms with Crippen molar-refractivity contribution < 1.29 is 0 Å². The molecule has 80 valence electrons. The lowest BCUT2D eigenvalue weighted by Crippen LogP contribution is -2.29. The minimum Gasteiger partial charge on any atom is -0.271 e. The van der Waals surface area contributed by atoms with E-state index < -0.39 is 0 Å². The minimum atomic E-state index is 0.119. The fourth-order valence-corrected chi connectivity index (χ4v) is 2.84. The topological polar surface area (TPSA) is 50.9 Å². The fraction of sp³-hybridized carbons (Fsp3) is 0.300. The summed E-state index contributed by atoms with van der Waals surface area (Å²) in [5.41, 5.74) is 3.86. The van der Waals surface area contributed by atoms with Crippen molar-refractivity contribution in [2.24, 2.45) is 5.84 Å². The fourth-order valence-electron chi connectivity index (χ4n) is 1.42. The maximum absolute atomic E-state index is 5.55. The van der Waals surface area contributed by atoms with Crippen LogP contribution in [-0.2, 0) is 6.42 Å². The average molecular weight is 239 g/mol. The third-order valence-corrected chi connectivity index (χ3v) is 3.87. The number of thiazole rings is 1. The zero-order chi connectivity index (χ0) is 10.7. The van der Waals surface area contributed by atoms with Crippen LogP contribution >= 0.6 is 22.7 Å². The van der Waals surface area contributed by atoms with E-state index in [9.17, 15) is 0 Å². The second-order valence-electron chi connectivity index (χ2n) is 3.29. The SMILES string of the molecule is Cc1nc(C(Cc2cccs2)NN)cs1. The zero-order valence-corrected chi connectivity index (χ0v) is 10.1. The van der Waals surface area contributed by atoms with Gasteiger partial charge in [-0.2, -0.15) is 0 Å². The summed E-state index contributed by atoms with van der Waals surface area (Å²) >= 11 is 3.41. The maximum Gasteiger partial charge on any atom is 0.0898 e. The minimum absolute atomic E-state index is 0.119. The number of nitrogens with one attached hydrogen (secondary N) is 1. The maximum atomic E-state index is 5.55. The summed E-state index contributed by atoms with van der Waals surface area (Å²) in [4.78, 5) is 5.77. The Morgan fingerprint density at radius 3 is 2.93 bits per heavy atom. The molecule has 3 nitrogen and oxygen atoms in total. The molecule has 0 aromatic carbocycles. The van der Waals surface area contributed by atoms with Gasteiger partial charge < -0.3 is 0 Å². The molecule has 0 radical (unpaired) electrons. The smallest absolute Gasteiger partial charge is 0.0898 e. The molecule has 1 atom stereocenters. The summed E-state index contributed by atoms with van der Waals surface area (Å²) in [7, 11) is 0. The number of aromatic nitrogens is 1. The molecular formula is C10H13N3S2. The Morgan fingerprint density at radius 2 is 2.40 bits per heavy atom. The molecule has 0 spiro atoms. The van der Waals surface area contributed by atoms with Gasteiger partial charge in [0.25, 0.3) is 0 Å². The Balaban J connectivity index is 2.11. The van der Waals surface area contributed by atoms with Gasteiger partial charge in [-0.15, -0.1) is 22.7 Å². The zero-order valence-electron chi connectivity index (χ0n) is 8.43. The highest BCUT2D eigenvalue weighted by atomic mass is 32.1. The van der Waals surface area contributed by atoms with Gasteiger partial charge in [0.05, 0.1) is 16.7 Å². The van der Waals surface area contributed by atoms with Crippen LogP contribution in [0.1, 0.15) is 21.6 Å². The van der Waals surface area contributed by atoms with E-state index in [0.717, 1.165) is 17.1 Å². The number of hydrogen-bond donors (Lipinski definition) is 2. The molecule has 0 amide bonds. The van der Waals surface area contributed by atoms with Crippen LogP contribution in [0, 0.1) is 6.92 Å². The number of nitrogens with two attached hydrogens (primary N) is 1. The number of hydrogen-bond acceptors (Lipinski definition) is 5. The number of aryl methyl sites for hydroxylation is 1. The van der Waals surface area contributed by atoms with Crippen molar-refractivity contribution in [2.45, 2.75) is 19.4 Å². The van der Waals surface area contributed by atoms with E-state index in [2.05, 4.69) is 33.3 Å². The van der Waals surface area contributed by atoms with Crippen LogP contribution in [0.5, 0.6) is 0 Å². The highest BCUT2D eigenvalue weighted by molar-refractivity contribution is 7.10. The van der Waals surface area contributed by atoms with Crippen molar-refractivity contribution in [3.05, 3.63) is 38.5 Å². The monoisotopic (exact) mass is 239 g/mol. The van der Waals surface area contributed by atoms with Crippen molar-refractivity contribution in [2.75, 3.05) is 0 Å². The molecule has 3 N–H and O–H groups in total. The van der Waals surface area contributed by atoms with Gasteiger partial charge in [0.1, 0.15) is 0 Å². The van der Waals surface area contributed by atoms with Gasteiger partial charge in [-0.05, 0) is 18.4 Å². The molecule has 0 fully saturated rings. The Morgan fingerprint density at radius 1 is 1.53 bits per heavy atom. The van der Waals surface area contributed by atoms with E-state index >= 15 is 0 Å². The van der Waals surface area contributed by atoms with Gasteiger partial charge in [0.2, 0.25) is 0 Å². The molecule has 5 heteroatoms. The summed E-state index contributed by atoms with van der Waals surface area (Å²) < 4.78 is 0. The summed E-state index contributed by atoms with van der Waals surface area (Å²) in [5, 5.41) is 5.22. The predicted octanol–water partition coefficient (Wildman–Crippen LogP) is 2.26. The van der Waals surface area contributed by atoms with Crippen LogP contribution in [0.2, 0.25) is 0 Å². The molecule has 2 heterocycles. The Kier molecular flexibility index (Phi) is 3.48. The molecule has 2 rings (SSSR count). The van der Waals surface area contributed by atoms with Gasteiger partial charge in [-0.25, -0.2) is 4.98 Å². The number of hydrazine groups is 1. The van der Waals surface area contributed by atoms with Crippen LogP contribution in [0.15, 0.2) is 22.9 Å². The molecule has 0 aliphatic heterocycles. The molecule has 2 aromatic rings. The molecule has 0 aliphatic carbocycles. The first-order chi connectivity index (χ1) is 7.29. The summed E-state index contributed by atoms with van der Waals surface area (Å²) in [6.07, 6.45) is 0.900. The Bertz CT molecular complexity index is 408. The number of thiophene rings is 1. The van der Waals surface area contributed by atoms with E-state index in [0.29, 0.717) is 0 Å². The van der Waals surface area contributed by atoms with Gasteiger partial charge in [0.15, 0.2) is 0 Å². The van der Waals surface area contributed by atoms with Crippen molar-refractivity contribution in [1.29, 1.82) is 0 Å². The molecule has 0 aliphatic rings. The van der Waals surface area contributed by atoms with Gasteiger partial charge in [-0.3, -0.25) is 11.3 Å². The second kappa shape index (κ2) is 4.85. The molecular weight excluding hydrogens is 226 g/mol. The van der Waals surface area contributed by atoms with Crippen LogP contribution in [0.4, 0.5) is 0 Å². The molecule has 0 saturated heterocycles. The Labute approximate surface area is 96.9 Å². The van der Waals surface area contributed by atoms with Crippen LogP contribution in [0.3, 0.4) is 0 Å². The van der Waals surface area contributed by atoms with E-state index in [1.54, 1.807) is 22.7 Å². The van der Waals surface area contributed by atoms with E-state index in [1.165, 1.54) is 4.88 Å². The highest BCUT2D eigenvalue weighted by Gasteiger charge is 2.13. The van der Waals surface area contributed by atoms with Crippen LogP contribution in [-0.4, -0.2) is 4.98 Å². The second-order valence-corrected chi connectivity index (χ2v) is 5.39. The first kappa shape index (κ1) is 10.8. The van der Waals surface area contributed by atoms with Gasteiger partial charge in [-0.1, -0.05) is 6.07 Å². The largest absolute Gasteiger partial charge is 0.271 e. The highest BCUT2D eigenvalue weighted by Crippen LogP contribution is 2.21. The standard InChI is InChI=1S/C10H13N3S2/c1-7-12-10(6-15-7)9(13-11)5-8-3-2-4-14-8/h2-4,6,9,13H,5,11H2,1H3. The average Bonchev–Trinajstić information content (AvgIpc) is 2.85. The predicted molar refractivity (Wildman–Crippen MR) is 64.9 cm³/mol. The normalized spacial score (nSPS) is 12.9. The van der Waals surface area contributed by atoms with Crippen molar-refractivity contribution in [3.63, 3.8) is 0 Å². The lowest BCUT2D eigenvalue weighted by molar-refractivity contribution is 0.544. The van der Waals surface area contributed by atoms with Crippen molar-refractivity contribution in [3.8, 4) is 0 Å². The van der Waals surface area contributed by atoms with Crippen LogP contribution in [0.25, 0.3) is 0 Å². The molecule has 2 aromatic heterocycles. The molecule has 0 bridgehead atoms. The molecule has 0 saturated carbocycles. The summed E-state index contributed by atoms with van der Waals surface area (Å²) in [5.74, 6) is 5.55. The van der Waals surface area contributed by atoms with Crippen LogP contribution < -0.4 is 11.3 Å². The molecule has 15 heavy (non-hydrogen) atoms. The lowest BCUT2D eigenvalue weighted by atomic mass is 10.1. The third-order valence-electron chi connectivity index (χ3n) is 2.18. The molecule has 1 unspecified atom stereocenters. The number of nitrogens with zero attached hydrogens (tertiary/aromatic N) is 1. The lowest BCUT2D eigenvalue weighted by Gasteiger charge is -2.11. The van der Waals surface area contributed by atoms with E-state index in [-0.39, 0.29) is 6.04 Å². The Hall–Kier alpha value is -0.750. The summed E-state index contributed by atoms with van der Waals surface area (Å²) in [6, 6.07) is 4.29. The quantitative estimate of drug-likeness (QED) is 0.635. The summed E-state index contributed by atoms with van der Waals surface area (Å²) in [6.45, 7) is 2.01. The van der Waals surface area contributed by atoms with Gasteiger partial charge >= 0.3 is 0 Å². The first-order valence-corrected chi connectivity index (χ1v) is 6.46. The third kappa shape index (κ3) is 2.63. The number of rotatable bonds is 4. The first-order valence-electron chi connectivity index (χ1n) is 4.70. The van der Waals surface area contributed by atoms with Crippen molar-refractivity contribution in [1.82, 2.24) is 10.4 Å². The van der Waals surface area contributed by atoms with Gasteiger partial charge in [0, 0.05) is 16.7 Å².